The zero-order valence-electron chi connectivity index (χ0n) is 12.1. The fourth-order valence-electron chi connectivity index (χ4n) is 3.27. The summed E-state index contributed by atoms with van der Waals surface area (Å²) in [6.45, 7) is 0.487. The van der Waals surface area contributed by atoms with Gasteiger partial charge in [0.25, 0.3) is 5.91 Å². The SMILES string of the molecule is NCC(NC(=O)c1nccc2ccccc12)C1CCCC1. The zero-order chi connectivity index (χ0) is 14.7. The van der Waals surface area contributed by atoms with E-state index >= 15 is 0 Å². The van der Waals surface area contributed by atoms with Crippen LogP contribution in [0.5, 0.6) is 0 Å². The number of nitrogens with zero attached hydrogens (tertiary/aromatic N) is 1. The lowest BCUT2D eigenvalue weighted by molar-refractivity contribution is 0.0921. The predicted molar refractivity (Wildman–Crippen MR) is 84.0 cm³/mol. The topological polar surface area (TPSA) is 68.0 Å². The molecule has 0 bridgehead atoms. The molecule has 1 atom stereocenters. The van der Waals surface area contributed by atoms with Crippen molar-refractivity contribution in [2.75, 3.05) is 6.54 Å². The monoisotopic (exact) mass is 283 g/mol. The lowest BCUT2D eigenvalue weighted by atomic mass is 9.98. The molecule has 3 rings (SSSR count). The standard InChI is InChI=1S/C17H21N3O/c18-11-15(13-6-1-2-7-13)20-17(21)16-14-8-4-3-5-12(14)9-10-19-16/h3-5,8-10,13,15H,1-2,6-7,11,18H2,(H,20,21). The number of benzene rings is 1. The number of carbonyl (C=O) groups is 1. The molecule has 2 aromatic rings. The third kappa shape index (κ3) is 2.90. The van der Waals surface area contributed by atoms with Crippen LogP contribution in [-0.2, 0) is 0 Å². The van der Waals surface area contributed by atoms with Crippen LogP contribution in [0.25, 0.3) is 10.8 Å². The fraction of sp³-hybridized carbons (Fsp3) is 0.412. The van der Waals surface area contributed by atoms with Gasteiger partial charge in [-0.15, -0.1) is 0 Å². The Kier molecular flexibility index (Phi) is 4.15. The molecule has 1 aliphatic rings. The number of aromatic nitrogens is 1. The summed E-state index contributed by atoms with van der Waals surface area (Å²) in [5, 5.41) is 5.01. The number of amides is 1. The quantitative estimate of drug-likeness (QED) is 0.905. The van der Waals surface area contributed by atoms with Crippen molar-refractivity contribution in [1.82, 2.24) is 10.3 Å². The maximum Gasteiger partial charge on any atom is 0.270 e. The van der Waals surface area contributed by atoms with Crippen LogP contribution in [0, 0.1) is 5.92 Å². The predicted octanol–water partition coefficient (Wildman–Crippen LogP) is 2.48. The van der Waals surface area contributed by atoms with Crippen molar-refractivity contribution in [2.24, 2.45) is 11.7 Å². The fourth-order valence-corrected chi connectivity index (χ4v) is 3.27. The molecule has 0 radical (unpaired) electrons. The highest BCUT2D eigenvalue weighted by atomic mass is 16.1. The van der Waals surface area contributed by atoms with E-state index in [-0.39, 0.29) is 11.9 Å². The number of rotatable bonds is 4. The van der Waals surface area contributed by atoms with Gasteiger partial charge in [-0.25, -0.2) is 0 Å². The molecular formula is C17H21N3O. The van der Waals surface area contributed by atoms with E-state index in [0.29, 0.717) is 18.2 Å². The van der Waals surface area contributed by atoms with Gasteiger partial charge in [0.2, 0.25) is 0 Å². The van der Waals surface area contributed by atoms with Gasteiger partial charge in [-0.05, 0) is 30.2 Å². The van der Waals surface area contributed by atoms with Crippen molar-refractivity contribution in [1.29, 1.82) is 0 Å². The maximum atomic E-state index is 12.6. The second kappa shape index (κ2) is 6.22. The first-order valence-electron chi connectivity index (χ1n) is 7.64. The second-order valence-electron chi connectivity index (χ2n) is 5.74. The number of nitrogens with one attached hydrogen (secondary N) is 1. The molecule has 110 valence electrons. The minimum absolute atomic E-state index is 0.0563. The van der Waals surface area contributed by atoms with E-state index in [9.17, 15) is 4.79 Å². The smallest absolute Gasteiger partial charge is 0.270 e. The summed E-state index contributed by atoms with van der Waals surface area (Å²) < 4.78 is 0. The maximum absolute atomic E-state index is 12.6. The third-order valence-electron chi connectivity index (χ3n) is 4.43. The van der Waals surface area contributed by atoms with Gasteiger partial charge in [-0.1, -0.05) is 37.1 Å². The summed E-state index contributed by atoms with van der Waals surface area (Å²) in [6, 6.07) is 9.79. The minimum Gasteiger partial charge on any atom is -0.346 e. The van der Waals surface area contributed by atoms with E-state index in [1.54, 1.807) is 6.20 Å². The molecule has 1 unspecified atom stereocenters. The van der Waals surface area contributed by atoms with Crippen LogP contribution in [0.4, 0.5) is 0 Å². The van der Waals surface area contributed by atoms with Gasteiger partial charge in [-0.3, -0.25) is 9.78 Å². The Morgan fingerprint density at radius 2 is 2.05 bits per heavy atom. The van der Waals surface area contributed by atoms with Gasteiger partial charge in [0.05, 0.1) is 0 Å². The average Bonchev–Trinajstić information content (AvgIpc) is 3.06. The lowest BCUT2D eigenvalue weighted by Crippen LogP contribution is -2.44. The number of hydrogen-bond acceptors (Lipinski definition) is 3. The van der Waals surface area contributed by atoms with Gasteiger partial charge in [0, 0.05) is 24.2 Å². The normalized spacial score (nSPS) is 17.0. The van der Waals surface area contributed by atoms with E-state index < -0.39 is 0 Å². The second-order valence-corrected chi connectivity index (χ2v) is 5.74. The number of pyridine rings is 1. The Morgan fingerprint density at radius 3 is 2.81 bits per heavy atom. The van der Waals surface area contributed by atoms with Crippen molar-refractivity contribution in [2.45, 2.75) is 31.7 Å². The van der Waals surface area contributed by atoms with Crippen molar-refractivity contribution in [3.8, 4) is 0 Å². The highest BCUT2D eigenvalue weighted by Crippen LogP contribution is 2.27. The molecule has 0 spiro atoms. The van der Waals surface area contributed by atoms with E-state index in [1.165, 1.54) is 12.8 Å². The number of fused-ring (bicyclic) bond motifs is 1. The summed E-state index contributed by atoms with van der Waals surface area (Å²) in [5.41, 5.74) is 6.35. The summed E-state index contributed by atoms with van der Waals surface area (Å²) in [7, 11) is 0. The largest absolute Gasteiger partial charge is 0.346 e. The Bertz CT molecular complexity index is 629. The first kappa shape index (κ1) is 14.0. The zero-order valence-corrected chi connectivity index (χ0v) is 12.1. The minimum atomic E-state index is -0.117. The van der Waals surface area contributed by atoms with E-state index in [1.807, 2.05) is 30.3 Å². The molecule has 1 aromatic carbocycles. The molecule has 0 saturated heterocycles. The third-order valence-corrected chi connectivity index (χ3v) is 4.43. The highest BCUT2D eigenvalue weighted by molar-refractivity contribution is 6.05. The van der Waals surface area contributed by atoms with Crippen LogP contribution in [0.15, 0.2) is 36.5 Å². The molecule has 1 amide bonds. The summed E-state index contributed by atoms with van der Waals surface area (Å²) in [4.78, 5) is 16.8. The summed E-state index contributed by atoms with van der Waals surface area (Å²) >= 11 is 0. The average molecular weight is 283 g/mol. The van der Waals surface area contributed by atoms with E-state index in [4.69, 9.17) is 5.73 Å². The molecule has 1 heterocycles. The highest BCUT2D eigenvalue weighted by Gasteiger charge is 2.26. The summed E-state index contributed by atoms with van der Waals surface area (Å²) in [5.74, 6) is 0.392. The number of hydrogen-bond donors (Lipinski definition) is 2. The molecule has 4 heteroatoms. The molecule has 21 heavy (non-hydrogen) atoms. The molecule has 1 aliphatic carbocycles. The van der Waals surface area contributed by atoms with Gasteiger partial charge >= 0.3 is 0 Å². The van der Waals surface area contributed by atoms with E-state index in [2.05, 4.69) is 10.3 Å². The lowest BCUT2D eigenvalue weighted by Gasteiger charge is -2.23. The Morgan fingerprint density at radius 1 is 1.29 bits per heavy atom. The summed E-state index contributed by atoms with van der Waals surface area (Å²) in [6.07, 6.45) is 6.48. The van der Waals surface area contributed by atoms with Crippen LogP contribution < -0.4 is 11.1 Å². The Hall–Kier alpha value is -1.94. The molecule has 1 saturated carbocycles. The van der Waals surface area contributed by atoms with Crippen molar-refractivity contribution in [3.05, 3.63) is 42.2 Å². The van der Waals surface area contributed by atoms with Crippen LogP contribution in [0.2, 0.25) is 0 Å². The van der Waals surface area contributed by atoms with Crippen LogP contribution >= 0.6 is 0 Å². The first-order chi connectivity index (χ1) is 10.3. The Labute approximate surface area is 124 Å². The van der Waals surface area contributed by atoms with Crippen LogP contribution in [0.3, 0.4) is 0 Å². The number of nitrogens with two attached hydrogens (primary N) is 1. The van der Waals surface area contributed by atoms with Crippen LogP contribution in [-0.4, -0.2) is 23.5 Å². The molecule has 0 aliphatic heterocycles. The van der Waals surface area contributed by atoms with E-state index in [0.717, 1.165) is 23.6 Å². The first-order valence-corrected chi connectivity index (χ1v) is 7.64. The Balaban J connectivity index is 1.83. The van der Waals surface area contributed by atoms with Crippen molar-refractivity contribution in [3.63, 3.8) is 0 Å². The van der Waals surface area contributed by atoms with Crippen molar-refractivity contribution >= 4 is 16.7 Å². The molecular weight excluding hydrogens is 262 g/mol. The molecule has 1 aromatic heterocycles. The van der Waals surface area contributed by atoms with Gasteiger partial charge in [0.1, 0.15) is 5.69 Å². The number of carbonyl (C=O) groups excluding carboxylic acids is 1. The van der Waals surface area contributed by atoms with Crippen molar-refractivity contribution < 1.29 is 4.79 Å². The molecule has 4 nitrogen and oxygen atoms in total. The van der Waals surface area contributed by atoms with Crippen LogP contribution in [0.1, 0.15) is 36.2 Å². The van der Waals surface area contributed by atoms with Gasteiger partial charge < -0.3 is 11.1 Å². The van der Waals surface area contributed by atoms with Gasteiger partial charge in [-0.2, -0.15) is 0 Å². The van der Waals surface area contributed by atoms with Gasteiger partial charge in [0.15, 0.2) is 0 Å². The molecule has 1 fully saturated rings. The molecule has 3 N–H and O–H groups in total.